The summed E-state index contributed by atoms with van der Waals surface area (Å²) < 4.78 is 30.6. The molecule has 0 unspecified atom stereocenters. The Morgan fingerprint density at radius 3 is 2.43 bits per heavy atom. The Morgan fingerprint density at radius 1 is 1.13 bits per heavy atom. The van der Waals surface area contributed by atoms with Gasteiger partial charge in [-0.2, -0.15) is 8.78 Å². The van der Waals surface area contributed by atoms with Crippen LogP contribution in [-0.4, -0.2) is 45.8 Å². The van der Waals surface area contributed by atoms with Crippen molar-refractivity contribution >= 4 is 28.6 Å². The summed E-state index contributed by atoms with van der Waals surface area (Å²) in [6, 6.07) is 12.7. The maximum absolute atomic E-state index is 13.2. The van der Waals surface area contributed by atoms with E-state index in [0.29, 0.717) is 34.8 Å². The van der Waals surface area contributed by atoms with Crippen molar-refractivity contribution in [1.29, 1.82) is 0 Å². The quantitative estimate of drug-likeness (QED) is 0.398. The third kappa shape index (κ3) is 4.79. The number of para-hydroxylation sites is 1. The van der Waals surface area contributed by atoms with Gasteiger partial charge in [0, 0.05) is 13.1 Å². The molecule has 0 atom stereocenters. The second-order valence-electron chi connectivity index (χ2n) is 6.28. The summed E-state index contributed by atoms with van der Waals surface area (Å²) in [6.07, 6.45) is 0. The Balaban J connectivity index is 2.03. The van der Waals surface area contributed by atoms with Gasteiger partial charge < -0.3 is 9.64 Å². The summed E-state index contributed by atoms with van der Waals surface area (Å²) in [6.45, 7) is 2.07. The van der Waals surface area contributed by atoms with E-state index in [2.05, 4.69) is 9.72 Å². The lowest BCUT2D eigenvalue weighted by Crippen LogP contribution is -2.32. The van der Waals surface area contributed by atoms with E-state index in [1.165, 1.54) is 28.8 Å². The molecule has 0 saturated heterocycles. The van der Waals surface area contributed by atoms with E-state index in [9.17, 15) is 18.4 Å². The molecule has 1 aromatic heterocycles. The lowest BCUT2D eigenvalue weighted by Gasteiger charge is -2.19. The first-order valence-corrected chi connectivity index (χ1v) is 10.4. The van der Waals surface area contributed by atoms with Crippen molar-refractivity contribution in [3.63, 3.8) is 0 Å². The molecule has 0 fully saturated rings. The highest BCUT2D eigenvalue weighted by Crippen LogP contribution is 2.23. The Kier molecular flexibility index (Phi) is 7.04. The van der Waals surface area contributed by atoms with Crippen molar-refractivity contribution in [2.75, 3.05) is 18.8 Å². The standard InChI is InChI=1S/C21H21F2N3O3S/c1-3-25(4-2)18(27)13-30-21-24-17-8-6-5-7-16(17)19(28)26(21)14-9-11-15(12-10-14)29-20(22)23/h5-12,20H,3-4,13H2,1-2H3. The minimum Gasteiger partial charge on any atom is -0.435 e. The van der Waals surface area contributed by atoms with E-state index in [1.54, 1.807) is 29.2 Å². The first kappa shape index (κ1) is 21.8. The molecule has 2 aromatic carbocycles. The molecule has 0 radical (unpaired) electrons. The smallest absolute Gasteiger partial charge is 0.387 e. The zero-order valence-electron chi connectivity index (χ0n) is 16.5. The SMILES string of the molecule is CCN(CC)C(=O)CSc1nc2ccccc2c(=O)n1-c1ccc(OC(F)F)cc1. The van der Waals surface area contributed by atoms with Crippen LogP contribution in [0.25, 0.3) is 16.6 Å². The summed E-state index contributed by atoms with van der Waals surface area (Å²) in [7, 11) is 0. The highest BCUT2D eigenvalue weighted by molar-refractivity contribution is 7.99. The van der Waals surface area contributed by atoms with Crippen molar-refractivity contribution in [3.05, 3.63) is 58.9 Å². The van der Waals surface area contributed by atoms with E-state index in [1.807, 2.05) is 13.8 Å². The fourth-order valence-corrected chi connectivity index (χ4v) is 3.92. The van der Waals surface area contributed by atoms with Gasteiger partial charge >= 0.3 is 6.61 Å². The number of ether oxygens (including phenoxy) is 1. The maximum atomic E-state index is 13.2. The molecule has 6 nitrogen and oxygen atoms in total. The minimum atomic E-state index is -2.93. The van der Waals surface area contributed by atoms with Gasteiger partial charge in [0.15, 0.2) is 5.16 Å². The molecule has 1 amide bonds. The number of halogens is 2. The van der Waals surface area contributed by atoms with Crippen LogP contribution >= 0.6 is 11.8 Å². The second-order valence-corrected chi connectivity index (χ2v) is 7.22. The molecule has 30 heavy (non-hydrogen) atoms. The molecular formula is C21H21F2N3O3S. The largest absolute Gasteiger partial charge is 0.435 e. The molecule has 3 aromatic rings. The average molecular weight is 433 g/mol. The zero-order chi connectivity index (χ0) is 21.7. The summed E-state index contributed by atoms with van der Waals surface area (Å²) in [5.74, 6) is 0.0556. The Bertz CT molecular complexity index is 1080. The van der Waals surface area contributed by atoms with Gasteiger partial charge in [-0.1, -0.05) is 23.9 Å². The number of hydrogen-bond donors (Lipinski definition) is 0. The molecule has 3 rings (SSSR count). The number of aromatic nitrogens is 2. The van der Waals surface area contributed by atoms with Crippen LogP contribution in [0.3, 0.4) is 0 Å². The predicted molar refractivity (Wildman–Crippen MR) is 113 cm³/mol. The normalized spacial score (nSPS) is 11.1. The summed E-state index contributed by atoms with van der Waals surface area (Å²) in [4.78, 5) is 31.9. The van der Waals surface area contributed by atoms with Gasteiger partial charge in [0.1, 0.15) is 5.75 Å². The number of amides is 1. The molecular weight excluding hydrogens is 412 g/mol. The number of nitrogens with zero attached hydrogens (tertiary/aromatic N) is 3. The van der Waals surface area contributed by atoms with Crippen LogP contribution in [0.15, 0.2) is 58.5 Å². The Labute approximate surface area is 176 Å². The number of carbonyl (C=O) groups is 1. The third-order valence-electron chi connectivity index (χ3n) is 4.51. The average Bonchev–Trinajstić information content (AvgIpc) is 2.74. The van der Waals surface area contributed by atoms with E-state index in [4.69, 9.17) is 0 Å². The summed E-state index contributed by atoms with van der Waals surface area (Å²) in [5.41, 5.74) is 0.660. The van der Waals surface area contributed by atoms with Crippen LogP contribution in [0, 0.1) is 0 Å². The molecule has 0 aliphatic carbocycles. The number of fused-ring (bicyclic) bond motifs is 1. The topological polar surface area (TPSA) is 64.4 Å². The number of rotatable bonds is 8. The van der Waals surface area contributed by atoms with Crippen LogP contribution in [0.1, 0.15) is 13.8 Å². The number of alkyl halides is 2. The lowest BCUT2D eigenvalue weighted by atomic mass is 10.2. The fraction of sp³-hybridized carbons (Fsp3) is 0.286. The van der Waals surface area contributed by atoms with Crippen molar-refractivity contribution in [2.24, 2.45) is 0 Å². The number of benzene rings is 2. The van der Waals surface area contributed by atoms with Crippen LogP contribution in [0.4, 0.5) is 8.78 Å². The Morgan fingerprint density at radius 2 is 1.80 bits per heavy atom. The van der Waals surface area contributed by atoms with Gasteiger partial charge in [0.05, 0.1) is 22.3 Å². The van der Waals surface area contributed by atoms with Gasteiger partial charge in [-0.25, -0.2) is 4.98 Å². The molecule has 0 spiro atoms. The van der Waals surface area contributed by atoms with E-state index in [-0.39, 0.29) is 23.0 Å². The van der Waals surface area contributed by atoms with Crippen LogP contribution in [0.5, 0.6) is 5.75 Å². The van der Waals surface area contributed by atoms with Crippen molar-refractivity contribution in [2.45, 2.75) is 25.6 Å². The predicted octanol–water partition coefficient (Wildman–Crippen LogP) is 3.95. The van der Waals surface area contributed by atoms with Gasteiger partial charge in [0.2, 0.25) is 5.91 Å². The van der Waals surface area contributed by atoms with Crippen molar-refractivity contribution < 1.29 is 18.3 Å². The highest BCUT2D eigenvalue weighted by atomic mass is 32.2. The zero-order valence-corrected chi connectivity index (χ0v) is 17.4. The van der Waals surface area contributed by atoms with E-state index < -0.39 is 6.61 Å². The lowest BCUT2D eigenvalue weighted by molar-refractivity contribution is -0.127. The van der Waals surface area contributed by atoms with Crippen LogP contribution in [-0.2, 0) is 4.79 Å². The number of carbonyl (C=O) groups excluding carboxylic acids is 1. The van der Waals surface area contributed by atoms with Gasteiger partial charge in [-0.3, -0.25) is 14.2 Å². The molecule has 0 aliphatic rings. The Hall–Kier alpha value is -2.94. The third-order valence-corrected chi connectivity index (χ3v) is 5.43. The summed E-state index contributed by atoms with van der Waals surface area (Å²) >= 11 is 1.16. The maximum Gasteiger partial charge on any atom is 0.387 e. The highest BCUT2D eigenvalue weighted by Gasteiger charge is 2.17. The molecule has 9 heteroatoms. The monoisotopic (exact) mass is 433 g/mol. The number of hydrogen-bond acceptors (Lipinski definition) is 5. The van der Waals surface area contributed by atoms with Crippen molar-refractivity contribution in [1.82, 2.24) is 14.5 Å². The fourth-order valence-electron chi connectivity index (χ4n) is 3.01. The van der Waals surface area contributed by atoms with Gasteiger partial charge in [-0.15, -0.1) is 0 Å². The van der Waals surface area contributed by atoms with Crippen LogP contribution in [0.2, 0.25) is 0 Å². The second kappa shape index (κ2) is 9.71. The first-order valence-electron chi connectivity index (χ1n) is 9.42. The first-order chi connectivity index (χ1) is 14.4. The van der Waals surface area contributed by atoms with Gasteiger partial charge in [-0.05, 0) is 50.2 Å². The molecule has 158 valence electrons. The van der Waals surface area contributed by atoms with Crippen molar-refractivity contribution in [3.8, 4) is 11.4 Å². The van der Waals surface area contributed by atoms with Crippen LogP contribution < -0.4 is 10.3 Å². The molecule has 0 bridgehead atoms. The van der Waals surface area contributed by atoms with E-state index in [0.717, 1.165) is 11.8 Å². The van der Waals surface area contributed by atoms with Gasteiger partial charge in [0.25, 0.3) is 5.56 Å². The molecule has 0 saturated carbocycles. The summed E-state index contributed by atoms with van der Waals surface area (Å²) in [5, 5.41) is 0.770. The van der Waals surface area contributed by atoms with E-state index >= 15 is 0 Å². The number of thioether (sulfide) groups is 1. The molecule has 0 aliphatic heterocycles. The minimum absolute atomic E-state index is 0.0125. The molecule has 1 heterocycles. The molecule has 0 N–H and O–H groups in total.